The van der Waals surface area contributed by atoms with E-state index in [0.717, 1.165) is 11.1 Å². The van der Waals surface area contributed by atoms with Crippen molar-refractivity contribution in [3.63, 3.8) is 0 Å². The zero-order valence-corrected chi connectivity index (χ0v) is 16.9. The van der Waals surface area contributed by atoms with Crippen LogP contribution in [-0.2, 0) is 27.0 Å². The van der Waals surface area contributed by atoms with Crippen molar-refractivity contribution in [1.82, 2.24) is 4.31 Å². The highest BCUT2D eigenvalue weighted by molar-refractivity contribution is 7.89. The molecule has 3 aromatic carbocycles. The van der Waals surface area contributed by atoms with Crippen LogP contribution in [0.2, 0.25) is 0 Å². The quantitative estimate of drug-likeness (QED) is 0.642. The van der Waals surface area contributed by atoms with Gasteiger partial charge in [0.05, 0.1) is 17.1 Å². The molecule has 0 amide bonds. The summed E-state index contributed by atoms with van der Waals surface area (Å²) in [6.45, 7) is 1.55. The van der Waals surface area contributed by atoms with Crippen LogP contribution in [0.3, 0.4) is 0 Å². The minimum atomic E-state index is -3.51. The van der Waals surface area contributed by atoms with Crippen molar-refractivity contribution in [3.8, 4) is 11.1 Å². The summed E-state index contributed by atoms with van der Waals surface area (Å²) in [5.41, 5.74) is 4.20. The average molecular weight is 406 g/mol. The lowest BCUT2D eigenvalue weighted by atomic mass is 9.84. The van der Waals surface area contributed by atoms with E-state index >= 15 is 0 Å². The lowest BCUT2D eigenvalue weighted by Crippen LogP contribution is -2.45. The van der Waals surface area contributed by atoms with Crippen LogP contribution in [0.1, 0.15) is 24.0 Å². The largest absolute Gasteiger partial charge is 0.365 e. The lowest BCUT2D eigenvalue weighted by molar-refractivity contribution is -0.0689. The zero-order chi connectivity index (χ0) is 19.9. The Morgan fingerprint density at radius 2 is 1.38 bits per heavy atom. The minimum Gasteiger partial charge on any atom is -0.365 e. The van der Waals surface area contributed by atoms with E-state index in [4.69, 9.17) is 4.74 Å². The topological polar surface area (TPSA) is 46.6 Å². The van der Waals surface area contributed by atoms with Gasteiger partial charge in [0, 0.05) is 13.1 Å². The fourth-order valence-electron chi connectivity index (χ4n) is 4.48. The van der Waals surface area contributed by atoms with Crippen molar-refractivity contribution in [2.45, 2.75) is 29.9 Å². The van der Waals surface area contributed by atoms with Gasteiger partial charge in [-0.05, 0) is 47.2 Å². The van der Waals surface area contributed by atoms with Gasteiger partial charge in [0.15, 0.2) is 0 Å². The van der Waals surface area contributed by atoms with E-state index in [0.29, 0.717) is 37.4 Å². The average Bonchev–Trinajstić information content (AvgIpc) is 3.13. The summed E-state index contributed by atoms with van der Waals surface area (Å²) in [5, 5.41) is 0. The van der Waals surface area contributed by atoms with E-state index in [1.54, 1.807) is 16.4 Å². The third-order valence-corrected chi connectivity index (χ3v) is 8.05. The maximum atomic E-state index is 13.2. The number of rotatable bonds is 3. The molecule has 1 saturated heterocycles. The van der Waals surface area contributed by atoms with Gasteiger partial charge in [-0.1, -0.05) is 66.7 Å². The SMILES string of the molecule is O=S(=O)(c1ccc(-c2ccccc2)cc1)N1CCC2(CC1)OCc1ccccc12. The molecule has 0 aromatic heterocycles. The number of sulfonamides is 1. The van der Waals surface area contributed by atoms with Crippen LogP contribution in [0.5, 0.6) is 0 Å². The number of hydrogen-bond acceptors (Lipinski definition) is 3. The molecule has 3 aromatic rings. The summed E-state index contributed by atoms with van der Waals surface area (Å²) >= 11 is 0. The van der Waals surface area contributed by atoms with Gasteiger partial charge in [-0.15, -0.1) is 0 Å². The molecule has 0 N–H and O–H groups in total. The molecule has 0 radical (unpaired) electrons. The van der Waals surface area contributed by atoms with Gasteiger partial charge in [0.2, 0.25) is 10.0 Å². The molecule has 0 unspecified atom stereocenters. The van der Waals surface area contributed by atoms with E-state index in [2.05, 4.69) is 12.1 Å². The molecule has 0 atom stereocenters. The van der Waals surface area contributed by atoms with Gasteiger partial charge < -0.3 is 4.74 Å². The maximum absolute atomic E-state index is 13.2. The third kappa shape index (κ3) is 3.19. The first-order valence-electron chi connectivity index (χ1n) is 9.97. The van der Waals surface area contributed by atoms with Crippen molar-refractivity contribution in [1.29, 1.82) is 0 Å². The van der Waals surface area contributed by atoms with Crippen LogP contribution in [0, 0.1) is 0 Å². The molecule has 2 aliphatic rings. The van der Waals surface area contributed by atoms with Crippen LogP contribution in [0.15, 0.2) is 83.8 Å². The highest BCUT2D eigenvalue weighted by Gasteiger charge is 2.44. The molecule has 5 rings (SSSR count). The van der Waals surface area contributed by atoms with Crippen LogP contribution in [0.25, 0.3) is 11.1 Å². The molecule has 0 bridgehead atoms. The first-order chi connectivity index (χ1) is 14.1. The van der Waals surface area contributed by atoms with Gasteiger partial charge in [-0.25, -0.2) is 8.42 Å². The molecule has 29 heavy (non-hydrogen) atoms. The number of piperidine rings is 1. The van der Waals surface area contributed by atoms with Gasteiger partial charge >= 0.3 is 0 Å². The van der Waals surface area contributed by atoms with Crippen LogP contribution in [0.4, 0.5) is 0 Å². The summed E-state index contributed by atoms with van der Waals surface area (Å²) in [4.78, 5) is 0.348. The van der Waals surface area contributed by atoms with Crippen molar-refractivity contribution in [3.05, 3.63) is 90.0 Å². The third-order valence-electron chi connectivity index (χ3n) is 6.14. The van der Waals surface area contributed by atoms with E-state index in [-0.39, 0.29) is 5.60 Å². The molecule has 0 saturated carbocycles. The van der Waals surface area contributed by atoms with Crippen molar-refractivity contribution in [2.24, 2.45) is 0 Å². The molecule has 2 aliphatic heterocycles. The molecule has 1 fully saturated rings. The Morgan fingerprint density at radius 3 is 2.10 bits per heavy atom. The highest BCUT2D eigenvalue weighted by atomic mass is 32.2. The van der Waals surface area contributed by atoms with Crippen molar-refractivity contribution >= 4 is 10.0 Å². The van der Waals surface area contributed by atoms with Crippen LogP contribution < -0.4 is 0 Å². The van der Waals surface area contributed by atoms with E-state index in [9.17, 15) is 8.42 Å². The van der Waals surface area contributed by atoms with Crippen molar-refractivity contribution in [2.75, 3.05) is 13.1 Å². The Morgan fingerprint density at radius 1 is 0.759 bits per heavy atom. The Bertz CT molecular complexity index is 1120. The van der Waals surface area contributed by atoms with E-state index < -0.39 is 10.0 Å². The number of nitrogens with zero attached hydrogens (tertiary/aromatic N) is 1. The molecule has 2 heterocycles. The fraction of sp³-hybridized carbons (Fsp3) is 0.250. The van der Waals surface area contributed by atoms with E-state index in [1.165, 1.54) is 11.1 Å². The summed E-state index contributed by atoms with van der Waals surface area (Å²) in [6.07, 6.45) is 1.37. The zero-order valence-electron chi connectivity index (χ0n) is 16.1. The standard InChI is InChI=1S/C24H23NO3S/c26-29(27,22-12-10-20(11-13-22)19-6-2-1-3-7-19)25-16-14-24(15-17-25)23-9-5-4-8-21(23)18-28-24/h1-13H,14-18H2. The normalized spacial score (nSPS) is 18.6. The molecule has 1 spiro atoms. The summed E-state index contributed by atoms with van der Waals surface area (Å²) in [6, 6.07) is 25.4. The predicted molar refractivity (Wildman–Crippen MR) is 113 cm³/mol. The van der Waals surface area contributed by atoms with Gasteiger partial charge in [0.1, 0.15) is 0 Å². The second-order valence-electron chi connectivity index (χ2n) is 7.73. The summed E-state index contributed by atoms with van der Waals surface area (Å²) in [7, 11) is -3.51. The second-order valence-corrected chi connectivity index (χ2v) is 9.67. The first kappa shape index (κ1) is 18.6. The maximum Gasteiger partial charge on any atom is 0.243 e. The van der Waals surface area contributed by atoms with Crippen LogP contribution >= 0.6 is 0 Å². The van der Waals surface area contributed by atoms with Gasteiger partial charge in [0.25, 0.3) is 0 Å². The molecule has 148 valence electrons. The second kappa shape index (κ2) is 7.10. The first-order valence-corrected chi connectivity index (χ1v) is 11.4. The molecule has 5 heteroatoms. The van der Waals surface area contributed by atoms with Crippen LogP contribution in [-0.4, -0.2) is 25.8 Å². The Hall–Kier alpha value is -2.47. The Kier molecular flexibility index (Phi) is 4.54. The molecule has 0 aliphatic carbocycles. The Balaban J connectivity index is 1.34. The number of fused-ring (bicyclic) bond motifs is 2. The van der Waals surface area contributed by atoms with Gasteiger partial charge in [-0.3, -0.25) is 0 Å². The predicted octanol–water partition coefficient (Wildman–Crippen LogP) is 4.56. The minimum absolute atomic E-state index is 0.334. The fourth-order valence-corrected chi connectivity index (χ4v) is 5.93. The summed E-state index contributed by atoms with van der Waals surface area (Å²) < 4.78 is 34.1. The monoisotopic (exact) mass is 405 g/mol. The van der Waals surface area contributed by atoms with Gasteiger partial charge in [-0.2, -0.15) is 4.31 Å². The number of hydrogen-bond donors (Lipinski definition) is 0. The molecule has 4 nitrogen and oxygen atoms in total. The van der Waals surface area contributed by atoms with Crippen molar-refractivity contribution < 1.29 is 13.2 Å². The summed E-state index contributed by atoms with van der Waals surface area (Å²) in [5.74, 6) is 0. The molecular formula is C24H23NO3S. The molecular weight excluding hydrogens is 382 g/mol. The smallest absolute Gasteiger partial charge is 0.243 e. The lowest BCUT2D eigenvalue weighted by Gasteiger charge is -2.38. The number of ether oxygens (including phenoxy) is 1. The van der Waals surface area contributed by atoms with E-state index in [1.807, 2.05) is 54.6 Å². The number of benzene rings is 3. The highest BCUT2D eigenvalue weighted by Crippen LogP contribution is 2.44. The Labute approximate surface area is 171 Å².